The lowest BCUT2D eigenvalue weighted by molar-refractivity contribution is 0.140. The molecule has 0 atom stereocenters. The Labute approximate surface area is 176 Å². The van der Waals surface area contributed by atoms with Gasteiger partial charge in [-0.3, -0.25) is 5.32 Å². The summed E-state index contributed by atoms with van der Waals surface area (Å²) in [5.74, 6) is 1.08. The van der Waals surface area contributed by atoms with Crippen LogP contribution in [0.5, 0.6) is 0 Å². The van der Waals surface area contributed by atoms with Gasteiger partial charge in [-0.2, -0.15) is 0 Å². The van der Waals surface area contributed by atoms with Gasteiger partial charge in [0.25, 0.3) is 0 Å². The number of benzene rings is 1. The van der Waals surface area contributed by atoms with Gasteiger partial charge in [0.15, 0.2) is 18.8 Å². The molecule has 2 aliphatic heterocycles. The summed E-state index contributed by atoms with van der Waals surface area (Å²) in [4.78, 5) is 32.1. The Bertz CT molecular complexity index is 823. The second-order valence-electron chi connectivity index (χ2n) is 7.98. The molecule has 0 spiro atoms. The first kappa shape index (κ1) is 20.3. The predicted molar refractivity (Wildman–Crippen MR) is 111 cm³/mol. The van der Waals surface area contributed by atoms with Crippen molar-refractivity contribution in [3.05, 3.63) is 48.2 Å². The summed E-state index contributed by atoms with van der Waals surface area (Å²) in [7, 11) is 0. The van der Waals surface area contributed by atoms with E-state index >= 15 is 0 Å². The molecule has 8 heteroatoms. The monoisotopic (exact) mass is 412 g/mol. The van der Waals surface area contributed by atoms with Gasteiger partial charge in [-0.1, -0.05) is 12.1 Å². The van der Waals surface area contributed by atoms with E-state index in [1.54, 1.807) is 0 Å². The van der Waals surface area contributed by atoms with Crippen molar-refractivity contribution in [3.8, 4) is 0 Å². The molecule has 0 saturated carbocycles. The van der Waals surface area contributed by atoms with E-state index in [1.807, 2.05) is 34.1 Å². The predicted octanol–water partition coefficient (Wildman–Crippen LogP) is 3.89. The molecule has 3 heterocycles. The summed E-state index contributed by atoms with van der Waals surface area (Å²) in [6.45, 7) is 3.55. The van der Waals surface area contributed by atoms with Gasteiger partial charge in [0.2, 0.25) is 0 Å². The van der Waals surface area contributed by atoms with E-state index in [0.717, 1.165) is 58.3 Å². The van der Waals surface area contributed by atoms with Crippen LogP contribution in [-0.4, -0.2) is 53.1 Å². The fourth-order valence-corrected chi connectivity index (χ4v) is 4.10. The molecule has 0 unspecified atom stereocenters. The van der Waals surface area contributed by atoms with Crippen LogP contribution in [0.25, 0.3) is 0 Å². The van der Waals surface area contributed by atoms with Crippen molar-refractivity contribution < 1.29 is 18.7 Å². The normalized spacial score (nSPS) is 17.2. The van der Waals surface area contributed by atoms with Crippen LogP contribution in [-0.2, 0) is 17.8 Å². The Balaban J connectivity index is 1.19. The van der Waals surface area contributed by atoms with Gasteiger partial charge >= 0.3 is 12.1 Å². The van der Waals surface area contributed by atoms with Gasteiger partial charge in [0.1, 0.15) is 0 Å². The highest BCUT2D eigenvalue weighted by Crippen LogP contribution is 2.24. The third-order valence-corrected chi connectivity index (χ3v) is 5.82. The number of hydrogen-bond donors (Lipinski definition) is 1. The lowest BCUT2D eigenvalue weighted by atomic mass is 9.90. The van der Waals surface area contributed by atoms with Crippen molar-refractivity contribution in [3.63, 3.8) is 0 Å². The van der Waals surface area contributed by atoms with E-state index in [4.69, 9.17) is 9.15 Å². The molecule has 1 aromatic heterocycles. The summed E-state index contributed by atoms with van der Waals surface area (Å²) in [6, 6.07) is 8.06. The Kier molecular flexibility index (Phi) is 6.51. The first-order valence-corrected chi connectivity index (χ1v) is 10.6. The Morgan fingerprint density at radius 3 is 2.43 bits per heavy atom. The van der Waals surface area contributed by atoms with E-state index in [9.17, 15) is 9.59 Å². The number of aromatic nitrogens is 1. The molecule has 1 aromatic carbocycles. The second-order valence-corrected chi connectivity index (χ2v) is 7.98. The summed E-state index contributed by atoms with van der Waals surface area (Å²) >= 11 is 0. The molecule has 4 rings (SSSR count). The molecule has 160 valence electrons. The summed E-state index contributed by atoms with van der Waals surface area (Å²) in [5, 5.41) is 2.71. The van der Waals surface area contributed by atoms with E-state index in [0.29, 0.717) is 17.4 Å². The van der Waals surface area contributed by atoms with Crippen LogP contribution in [0.3, 0.4) is 0 Å². The molecule has 2 fully saturated rings. The summed E-state index contributed by atoms with van der Waals surface area (Å²) in [6.07, 6.45) is 7.59. The van der Waals surface area contributed by atoms with Crippen LogP contribution in [0, 0.1) is 5.92 Å². The summed E-state index contributed by atoms with van der Waals surface area (Å²) < 4.78 is 10.1. The van der Waals surface area contributed by atoms with Crippen molar-refractivity contribution in [1.82, 2.24) is 14.8 Å². The minimum atomic E-state index is -0.533. The van der Waals surface area contributed by atoms with Gasteiger partial charge < -0.3 is 19.0 Å². The third kappa shape index (κ3) is 5.31. The zero-order chi connectivity index (χ0) is 20.8. The number of oxazole rings is 1. The molecule has 1 N–H and O–H groups in total. The summed E-state index contributed by atoms with van der Waals surface area (Å²) in [5.41, 5.74) is 1.92. The Morgan fingerprint density at radius 1 is 1.07 bits per heavy atom. The largest absolute Gasteiger partial charge is 0.445 e. The first-order valence-electron chi connectivity index (χ1n) is 10.6. The average Bonchev–Trinajstić information content (AvgIpc) is 3.48. The molecule has 0 aliphatic carbocycles. The molecule has 0 radical (unpaired) electrons. The molecular formula is C22H28N4O4. The number of nitrogens with one attached hydrogen (secondary N) is 1. The highest BCUT2D eigenvalue weighted by atomic mass is 16.6. The minimum absolute atomic E-state index is 0.0445. The van der Waals surface area contributed by atoms with Crippen LogP contribution in [0.1, 0.15) is 37.0 Å². The molecule has 2 saturated heterocycles. The number of amides is 3. The number of rotatable bonds is 5. The average molecular weight is 412 g/mol. The fourth-order valence-electron chi connectivity index (χ4n) is 4.10. The van der Waals surface area contributed by atoms with E-state index < -0.39 is 6.09 Å². The number of hydrogen-bond acceptors (Lipinski definition) is 5. The number of ether oxygens (including phenoxy) is 1. The third-order valence-electron chi connectivity index (χ3n) is 5.82. The van der Waals surface area contributed by atoms with Gasteiger partial charge in [0, 0.05) is 31.9 Å². The van der Waals surface area contributed by atoms with Gasteiger partial charge in [0.05, 0.1) is 6.20 Å². The van der Waals surface area contributed by atoms with E-state index in [-0.39, 0.29) is 12.6 Å². The highest BCUT2D eigenvalue weighted by molar-refractivity contribution is 5.84. The molecule has 2 aliphatic rings. The van der Waals surface area contributed by atoms with Crippen LogP contribution in [0.4, 0.5) is 15.3 Å². The molecule has 0 bridgehead atoms. The maximum atomic E-state index is 12.5. The van der Waals surface area contributed by atoms with Crippen molar-refractivity contribution in [1.29, 1.82) is 0 Å². The molecule has 2 aromatic rings. The van der Waals surface area contributed by atoms with Crippen LogP contribution in [0.2, 0.25) is 0 Å². The number of anilines is 1. The van der Waals surface area contributed by atoms with Crippen molar-refractivity contribution >= 4 is 17.8 Å². The molecule has 3 amide bonds. The zero-order valence-electron chi connectivity index (χ0n) is 17.1. The van der Waals surface area contributed by atoms with Crippen LogP contribution >= 0.6 is 0 Å². The second kappa shape index (κ2) is 9.65. The van der Waals surface area contributed by atoms with Crippen LogP contribution < -0.4 is 5.32 Å². The standard InChI is InChI=1S/C22H28N4O4/c27-21(29-15-20-14-23-16-30-20)24-19-5-3-17(4-6-19)13-18-7-11-26(12-8-18)22(28)25-9-1-2-10-25/h3-6,14,16,18H,1-2,7-13,15H2,(H,24,27). The maximum Gasteiger partial charge on any atom is 0.412 e. The highest BCUT2D eigenvalue weighted by Gasteiger charge is 2.27. The SMILES string of the molecule is O=C(Nc1ccc(CC2CCN(C(=O)N3CCCC3)CC2)cc1)OCc1cnco1. The topological polar surface area (TPSA) is 87.9 Å². The van der Waals surface area contributed by atoms with E-state index in [1.165, 1.54) is 18.2 Å². The van der Waals surface area contributed by atoms with Crippen molar-refractivity contribution in [2.45, 2.75) is 38.7 Å². The number of nitrogens with zero attached hydrogens (tertiary/aromatic N) is 3. The van der Waals surface area contributed by atoms with E-state index in [2.05, 4.69) is 10.3 Å². The molecule has 30 heavy (non-hydrogen) atoms. The molecule has 8 nitrogen and oxygen atoms in total. The quantitative estimate of drug-likeness (QED) is 0.805. The zero-order valence-corrected chi connectivity index (χ0v) is 17.1. The Morgan fingerprint density at radius 2 is 1.77 bits per heavy atom. The first-order chi connectivity index (χ1) is 14.7. The molecular weight excluding hydrogens is 384 g/mol. The van der Waals surface area contributed by atoms with Gasteiger partial charge in [-0.15, -0.1) is 0 Å². The van der Waals surface area contributed by atoms with Crippen LogP contribution in [0.15, 0.2) is 41.3 Å². The Hall–Kier alpha value is -3.03. The van der Waals surface area contributed by atoms with Gasteiger partial charge in [-0.25, -0.2) is 14.6 Å². The number of piperidine rings is 1. The lowest BCUT2D eigenvalue weighted by Crippen LogP contribution is -2.45. The van der Waals surface area contributed by atoms with Crippen molar-refractivity contribution in [2.75, 3.05) is 31.5 Å². The van der Waals surface area contributed by atoms with Gasteiger partial charge in [-0.05, 0) is 55.7 Å². The number of urea groups is 1. The van der Waals surface area contributed by atoms with Crippen molar-refractivity contribution in [2.24, 2.45) is 5.92 Å². The smallest absolute Gasteiger partial charge is 0.412 e. The number of carbonyl (C=O) groups is 2. The number of likely N-dealkylation sites (tertiary alicyclic amines) is 2. The maximum absolute atomic E-state index is 12.5. The number of carbonyl (C=O) groups excluding carboxylic acids is 2. The lowest BCUT2D eigenvalue weighted by Gasteiger charge is -2.34. The minimum Gasteiger partial charge on any atom is -0.445 e. The fraction of sp³-hybridized carbons (Fsp3) is 0.500.